The second-order valence-electron chi connectivity index (χ2n) is 7.21. The number of pyridine rings is 1. The summed E-state index contributed by atoms with van der Waals surface area (Å²) in [5.74, 6) is 0.851. The molecule has 0 fully saturated rings. The number of hydrogen-bond acceptors (Lipinski definition) is 4. The molecule has 0 aliphatic carbocycles. The Hall–Kier alpha value is -3.18. The van der Waals surface area contributed by atoms with Gasteiger partial charge in [0.2, 0.25) is 0 Å². The molecule has 1 aliphatic rings. The Bertz CT molecular complexity index is 1130. The van der Waals surface area contributed by atoms with Gasteiger partial charge in [0.15, 0.2) is 0 Å². The molecule has 5 heteroatoms. The highest BCUT2D eigenvalue weighted by atomic mass is 16.5. The lowest BCUT2D eigenvalue weighted by Gasteiger charge is -2.27. The van der Waals surface area contributed by atoms with Gasteiger partial charge in [-0.15, -0.1) is 0 Å². The van der Waals surface area contributed by atoms with Crippen LogP contribution >= 0.6 is 0 Å². The third kappa shape index (κ3) is 3.04. The van der Waals surface area contributed by atoms with Crippen LogP contribution in [0, 0.1) is 0 Å². The van der Waals surface area contributed by atoms with Gasteiger partial charge in [-0.2, -0.15) is 5.10 Å². The number of rotatable bonds is 4. The number of aromatic nitrogens is 3. The third-order valence-electron chi connectivity index (χ3n) is 5.47. The number of aromatic amines is 1. The largest absolute Gasteiger partial charge is 0.497 e. The van der Waals surface area contributed by atoms with Gasteiger partial charge in [-0.25, -0.2) is 0 Å². The van der Waals surface area contributed by atoms with Crippen LogP contribution in [0.1, 0.15) is 16.8 Å². The van der Waals surface area contributed by atoms with E-state index in [1.807, 2.05) is 30.5 Å². The van der Waals surface area contributed by atoms with Crippen molar-refractivity contribution in [1.29, 1.82) is 0 Å². The minimum absolute atomic E-state index is 0.851. The average Bonchev–Trinajstić information content (AvgIpc) is 3.17. The van der Waals surface area contributed by atoms with E-state index in [0.29, 0.717) is 0 Å². The maximum atomic E-state index is 5.38. The van der Waals surface area contributed by atoms with Crippen LogP contribution in [0.3, 0.4) is 0 Å². The Balaban J connectivity index is 1.44. The molecule has 3 heterocycles. The number of nitrogens with one attached hydrogen (secondary N) is 1. The first-order valence-corrected chi connectivity index (χ1v) is 9.57. The smallest absolute Gasteiger partial charge is 0.119 e. The Morgan fingerprint density at radius 3 is 2.93 bits per heavy atom. The summed E-state index contributed by atoms with van der Waals surface area (Å²) >= 11 is 0. The van der Waals surface area contributed by atoms with Crippen molar-refractivity contribution in [1.82, 2.24) is 20.1 Å². The number of H-pyrrole nitrogens is 1. The fraction of sp³-hybridized carbons (Fsp3) is 0.217. The molecule has 0 bridgehead atoms. The first-order valence-electron chi connectivity index (χ1n) is 9.57. The zero-order valence-electron chi connectivity index (χ0n) is 15.9. The van der Waals surface area contributed by atoms with Gasteiger partial charge in [-0.05, 0) is 23.8 Å². The summed E-state index contributed by atoms with van der Waals surface area (Å²) in [5.41, 5.74) is 7.00. The number of fused-ring (bicyclic) bond motifs is 2. The van der Waals surface area contributed by atoms with Gasteiger partial charge in [-0.1, -0.05) is 36.4 Å². The molecule has 5 nitrogen and oxygen atoms in total. The molecule has 0 saturated carbocycles. The molecule has 4 aromatic rings. The molecule has 2 aromatic heterocycles. The Kier molecular flexibility index (Phi) is 4.29. The summed E-state index contributed by atoms with van der Waals surface area (Å²) in [6, 6.07) is 18.6. The summed E-state index contributed by atoms with van der Waals surface area (Å²) < 4.78 is 5.38. The zero-order chi connectivity index (χ0) is 18.9. The molecule has 2 aromatic carbocycles. The van der Waals surface area contributed by atoms with Crippen molar-refractivity contribution in [2.75, 3.05) is 13.7 Å². The van der Waals surface area contributed by atoms with Gasteiger partial charge in [0.25, 0.3) is 0 Å². The summed E-state index contributed by atoms with van der Waals surface area (Å²) in [7, 11) is 1.69. The molecule has 140 valence electrons. The van der Waals surface area contributed by atoms with Crippen LogP contribution in [0.2, 0.25) is 0 Å². The lowest BCUT2D eigenvalue weighted by molar-refractivity contribution is 0.246. The molecule has 28 heavy (non-hydrogen) atoms. The summed E-state index contributed by atoms with van der Waals surface area (Å²) in [4.78, 5) is 7.08. The minimum atomic E-state index is 0.851. The van der Waals surface area contributed by atoms with Crippen molar-refractivity contribution >= 4 is 10.9 Å². The van der Waals surface area contributed by atoms with E-state index < -0.39 is 0 Å². The number of hydrogen-bond donors (Lipinski definition) is 1. The highest BCUT2D eigenvalue weighted by molar-refractivity contribution is 5.81. The van der Waals surface area contributed by atoms with Crippen LogP contribution in [-0.4, -0.2) is 33.7 Å². The fourth-order valence-electron chi connectivity index (χ4n) is 4.03. The van der Waals surface area contributed by atoms with Crippen molar-refractivity contribution in [3.63, 3.8) is 0 Å². The van der Waals surface area contributed by atoms with Crippen LogP contribution in [0.4, 0.5) is 0 Å². The van der Waals surface area contributed by atoms with E-state index in [2.05, 4.69) is 50.4 Å². The number of ether oxygens (including phenoxy) is 1. The van der Waals surface area contributed by atoms with Crippen molar-refractivity contribution in [2.24, 2.45) is 0 Å². The maximum absolute atomic E-state index is 5.38. The highest BCUT2D eigenvalue weighted by Gasteiger charge is 2.23. The molecule has 0 atom stereocenters. The van der Waals surface area contributed by atoms with Crippen LogP contribution in [-0.2, 0) is 19.5 Å². The normalized spacial score (nSPS) is 14.2. The van der Waals surface area contributed by atoms with Gasteiger partial charge in [0.1, 0.15) is 5.75 Å². The summed E-state index contributed by atoms with van der Waals surface area (Å²) in [6.07, 6.45) is 2.85. The van der Waals surface area contributed by atoms with Crippen LogP contribution in [0.25, 0.3) is 22.2 Å². The molecular formula is C23H22N4O. The number of benzene rings is 2. The fourth-order valence-corrected chi connectivity index (χ4v) is 4.03. The Morgan fingerprint density at radius 1 is 1.11 bits per heavy atom. The van der Waals surface area contributed by atoms with Crippen molar-refractivity contribution in [3.8, 4) is 17.0 Å². The zero-order valence-corrected chi connectivity index (χ0v) is 15.9. The topological polar surface area (TPSA) is 54.0 Å². The number of methoxy groups -OCH3 is 1. The quantitative estimate of drug-likeness (QED) is 0.585. The summed E-state index contributed by atoms with van der Waals surface area (Å²) in [5, 5.41) is 9.05. The summed E-state index contributed by atoms with van der Waals surface area (Å²) in [6.45, 7) is 2.77. The van der Waals surface area contributed by atoms with E-state index >= 15 is 0 Å². The van der Waals surface area contributed by atoms with E-state index in [9.17, 15) is 0 Å². The molecule has 0 amide bonds. The van der Waals surface area contributed by atoms with E-state index in [4.69, 9.17) is 4.74 Å². The maximum Gasteiger partial charge on any atom is 0.119 e. The Morgan fingerprint density at radius 2 is 2.00 bits per heavy atom. The molecular weight excluding hydrogens is 348 g/mol. The molecule has 0 spiro atoms. The third-order valence-corrected chi connectivity index (χ3v) is 5.47. The highest BCUT2D eigenvalue weighted by Crippen LogP contribution is 2.31. The van der Waals surface area contributed by atoms with E-state index in [0.717, 1.165) is 48.6 Å². The molecule has 5 rings (SSSR count). The predicted octanol–water partition coefficient (Wildman–Crippen LogP) is 4.19. The SMILES string of the molecule is COc1cccc(-c2n[nH]c3c2CN(Cc2cccc4cccnc24)CC3)c1. The molecule has 1 aliphatic heterocycles. The second kappa shape index (κ2) is 7.09. The van der Waals surface area contributed by atoms with Crippen LogP contribution in [0.5, 0.6) is 5.75 Å². The lowest BCUT2D eigenvalue weighted by Crippen LogP contribution is -2.30. The minimum Gasteiger partial charge on any atom is -0.497 e. The Labute approximate surface area is 164 Å². The van der Waals surface area contributed by atoms with Gasteiger partial charge < -0.3 is 4.74 Å². The van der Waals surface area contributed by atoms with Crippen molar-refractivity contribution in [2.45, 2.75) is 19.5 Å². The lowest BCUT2D eigenvalue weighted by atomic mass is 10.00. The molecule has 0 radical (unpaired) electrons. The van der Waals surface area contributed by atoms with Crippen LogP contribution < -0.4 is 4.74 Å². The van der Waals surface area contributed by atoms with E-state index in [-0.39, 0.29) is 0 Å². The second-order valence-corrected chi connectivity index (χ2v) is 7.21. The molecule has 1 N–H and O–H groups in total. The van der Waals surface area contributed by atoms with Gasteiger partial charge in [0.05, 0.1) is 18.3 Å². The average molecular weight is 370 g/mol. The van der Waals surface area contributed by atoms with Crippen molar-refractivity contribution < 1.29 is 4.74 Å². The molecule has 0 unspecified atom stereocenters. The standard InChI is InChI=1S/C23H22N4O/c1-28-19-9-3-6-17(13-19)23-20-15-27(12-10-21(20)25-26-23)14-18-7-2-5-16-8-4-11-24-22(16)18/h2-9,11,13H,10,12,14-15H2,1H3,(H,25,26). The number of para-hydroxylation sites is 1. The monoisotopic (exact) mass is 370 g/mol. The van der Waals surface area contributed by atoms with E-state index in [1.54, 1.807) is 7.11 Å². The van der Waals surface area contributed by atoms with Gasteiger partial charge in [0, 0.05) is 54.5 Å². The first kappa shape index (κ1) is 17.0. The van der Waals surface area contributed by atoms with Crippen LogP contribution in [0.15, 0.2) is 60.8 Å². The van der Waals surface area contributed by atoms with Gasteiger partial charge in [-0.3, -0.25) is 15.0 Å². The van der Waals surface area contributed by atoms with Gasteiger partial charge >= 0.3 is 0 Å². The predicted molar refractivity (Wildman–Crippen MR) is 110 cm³/mol. The van der Waals surface area contributed by atoms with E-state index in [1.165, 1.54) is 22.2 Å². The first-order chi connectivity index (χ1) is 13.8. The molecule has 0 saturated heterocycles. The number of nitrogens with zero attached hydrogens (tertiary/aromatic N) is 3. The van der Waals surface area contributed by atoms with Crippen molar-refractivity contribution in [3.05, 3.63) is 77.6 Å².